The second-order valence-corrected chi connectivity index (χ2v) is 10.8. The molecular formula is C32H34ClF3N2O3. The number of hydrogen-bond donors (Lipinski definition) is 1. The van der Waals surface area contributed by atoms with Crippen LogP contribution in [0.15, 0.2) is 79.0 Å². The van der Waals surface area contributed by atoms with Crippen molar-refractivity contribution >= 4 is 28.5 Å². The first-order chi connectivity index (χ1) is 19.5. The second-order valence-electron chi connectivity index (χ2n) is 10.4. The summed E-state index contributed by atoms with van der Waals surface area (Å²) in [5, 5.41) is 9.91. The van der Waals surface area contributed by atoms with Gasteiger partial charge in [0.05, 0.1) is 28.6 Å². The molecule has 2 unspecified atom stereocenters. The van der Waals surface area contributed by atoms with Crippen LogP contribution in [0.4, 0.5) is 13.2 Å². The van der Waals surface area contributed by atoms with Gasteiger partial charge in [0.15, 0.2) is 0 Å². The fourth-order valence-corrected chi connectivity index (χ4v) is 5.29. The molecule has 0 amide bonds. The third kappa shape index (κ3) is 7.83. The number of aromatic nitrogens is 1. The van der Waals surface area contributed by atoms with Gasteiger partial charge in [0, 0.05) is 37.8 Å². The van der Waals surface area contributed by atoms with Gasteiger partial charge >= 0.3 is 12.1 Å². The fourth-order valence-electron chi connectivity index (χ4n) is 4.99. The van der Waals surface area contributed by atoms with Crippen molar-refractivity contribution in [1.82, 2.24) is 9.47 Å². The number of ether oxygens (including phenoxy) is 1. The van der Waals surface area contributed by atoms with E-state index in [9.17, 15) is 23.1 Å². The molecule has 0 fully saturated rings. The highest BCUT2D eigenvalue weighted by molar-refractivity contribution is 6.32. The Hall–Kier alpha value is -3.49. The van der Waals surface area contributed by atoms with Gasteiger partial charge in [-0.2, -0.15) is 13.2 Å². The first-order valence-corrected chi connectivity index (χ1v) is 14.0. The SMILES string of the molecule is CC(Cn1ccc2c(OCCCN(Cc3cccc(C(F)(F)F)c3Cl)CC(C)c3ccccc3)cccc21)C(=O)O. The quantitative estimate of drug-likeness (QED) is 0.161. The molecule has 0 aliphatic rings. The maximum Gasteiger partial charge on any atom is 0.417 e. The molecule has 0 bridgehead atoms. The molecule has 4 aromatic rings. The normalized spacial score (nSPS) is 13.4. The molecule has 0 aliphatic carbocycles. The van der Waals surface area contributed by atoms with Gasteiger partial charge in [-0.05, 0) is 47.7 Å². The Bertz CT molecular complexity index is 1460. The van der Waals surface area contributed by atoms with Crippen LogP contribution in [0.5, 0.6) is 5.75 Å². The largest absolute Gasteiger partial charge is 0.493 e. The van der Waals surface area contributed by atoms with E-state index in [4.69, 9.17) is 16.3 Å². The Morgan fingerprint density at radius 3 is 2.46 bits per heavy atom. The van der Waals surface area contributed by atoms with Crippen molar-refractivity contribution in [1.29, 1.82) is 0 Å². The Kier molecular flexibility index (Phi) is 9.99. The van der Waals surface area contributed by atoms with E-state index in [0.29, 0.717) is 44.0 Å². The number of benzene rings is 3. The van der Waals surface area contributed by atoms with Crippen LogP contribution in [0.2, 0.25) is 5.02 Å². The van der Waals surface area contributed by atoms with Gasteiger partial charge < -0.3 is 14.4 Å². The molecule has 0 aliphatic heterocycles. The lowest BCUT2D eigenvalue weighted by molar-refractivity contribution is -0.141. The number of alkyl halides is 3. The van der Waals surface area contributed by atoms with E-state index in [1.807, 2.05) is 65.4 Å². The summed E-state index contributed by atoms with van der Waals surface area (Å²) in [5.74, 6) is -0.515. The standard InChI is InChI=1S/C32H34ClF3N2O3/c1-22(24-9-4-3-5-10-24)19-37(21-25-11-6-12-27(30(25)33)32(34,35)36)16-8-18-41-29-14-7-13-28-26(29)15-17-38(28)20-23(2)31(39)40/h3-7,9-15,17,22-23H,8,16,18-21H2,1-2H3,(H,39,40). The minimum atomic E-state index is -4.52. The smallest absolute Gasteiger partial charge is 0.417 e. The zero-order chi connectivity index (χ0) is 29.6. The number of fused-ring (bicyclic) bond motifs is 1. The van der Waals surface area contributed by atoms with Crippen molar-refractivity contribution in [3.63, 3.8) is 0 Å². The molecule has 1 N–H and O–H groups in total. The first-order valence-electron chi connectivity index (χ1n) is 13.6. The number of halogens is 4. The Morgan fingerprint density at radius 1 is 1.02 bits per heavy atom. The predicted molar refractivity (Wildman–Crippen MR) is 155 cm³/mol. The van der Waals surface area contributed by atoms with Gasteiger partial charge in [0.1, 0.15) is 5.75 Å². The van der Waals surface area contributed by atoms with Crippen LogP contribution in [0.25, 0.3) is 10.9 Å². The molecule has 0 radical (unpaired) electrons. The summed E-state index contributed by atoms with van der Waals surface area (Å²) in [4.78, 5) is 13.4. The highest BCUT2D eigenvalue weighted by Crippen LogP contribution is 2.37. The van der Waals surface area contributed by atoms with Crippen LogP contribution in [-0.2, 0) is 24.1 Å². The van der Waals surface area contributed by atoms with Gasteiger partial charge in [-0.3, -0.25) is 9.69 Å². The molecule has 1 aromatic heterocycles. The van der Waals surface area contributed by atoms with Gasteiger partial charge in [-0.25, -0.2) is 0 Å². The number of carbonyl (C=O) groups is 1. The van der Waals surface area contributed by atoms with E-state index < -0.39 is 23.6 Å². The molecule has 0 saturated heterocycles. The number of nitrogens with zero attached hydrogens (tertiary/aromatic N) is 2. The number of hydrogen-bond acceptors (Lipinski definition) is 3. The monoisotopic (exact) mass is 586 g/mol. The van der Waals surface area contributed by atoms with Crippen LogP contribution in [0.1, 0.15) is 42.9 Å². The van der Waals surface area contributed by atoms with E-state index in [-0.39, 0.29) is 17.5 Å². The molecule has 2 atom stereocenters. The van der Waals surface area contributed by atoms with E-state index >= 15 is 0 Å². The van der Waals surface area contributed by atoms with Gasteiger partial charge in [0.25, 0.3) is 0 Å². The number of carboxylic acid groups (broad SMARTS) is 1. The highest BCUT2D eigenvalue weighted by atomic mass is 35.5. The van der Waals surface area contributed by atoms with Crippen LogP contribution in [0.3, 0.4) is 0 Å². The fraction of sp³-hybridized carbons (Fsp3) is 0.344. The van der Waals surface area contributed by atoms with Gasteiger partial charge in [-0.15, -0.1) is 0 Å². The maximum absolute atomic E-state index is 13.5. The predicted octanol–water partition coefficient (Wildman–Crippen LogP) is 8.11. The zero-order valence-corrected chi connectivity index (χ0v) is 23.8. The topological polar surface area (TPSA) is 54.7 Å². The highest BCUT2D eigenvalue weighted by Gasteiger charge is 2.34. The Morgan fingerprint density at radius 2 is 1.76 bits per heavy atom. The summed E-state index contributed by atoms with van der Waals surface area (Å²) in [7, 11) is 0. The minimum absolute atomic E-state index is 0.156. The van der Waals surface area contributed by atoms with Crippen molar-refractivity contribution in [2.75, 3.05) is 19.7 Å². The Balaban J connectivity index is 1.45. The minimum Gasteiger partial charge on any atom is -0.493 e. The number of carboxylic acids is 1. The van der Waals surface area contributed by atoms with Crippen molar-refractivity contribution in [2.45, 2.75) is 45.5 Å². The molecule has 218 valence electrons. The van der Waals surface area contributed by atoms with E-state index in [0.717, 1.165) is 22.5 Å². The van der Waals surface area contributed by atoms with Gasteiger partial charge in [-0.1, -0.05) is 74.0 Å². The molecule has 5 nitrogen and oxygen atoms in total. The van der Waals surface area contributed by atoms with Crippen LogP contribution < -0.4 is 4.74 Å². The molecule has 3 aromatic carbocycles. The summed E-state index contributed by atoms with van der Waals surface area (Å²) in [6.45, 7) is 6.04. The third-order valence-corrected chi connectivity index (χ3v) is 7.67. The zero-order valence-electron chi connectivity index (χ0n) is 23.1. The second kappa shape index (κ2) is 13.4. The Labute approximate surface area is 243 Å². The van der Waals surface area contributed by atoms with Crippen molar-refractivity contribution in [2.24, 2.45) is 5.92 Å². The summed E-state index contributed by atoms with van der Waals surface area (Å²) >= 11 is 6.23. The molecular weight excluding hydrogens is 553 g/mol. The van der Waals surface area contributed by atoms with E-state index in [1.165, 1.54) is 6.07 Å². The molecule has 9 heteroatoms. The summed E-state index contributed by atoms with van der Waals surface area (Å²) in [6.07, 6.45) is -2.01. The average molecular weight is 587 g/mol. The molecule has 4 rings (SSSR count). The number of rotatable bonds is 13. The van der Waals surface area contributed by atoms with Crippen molar-refractivity contribution < 1.29 is 27.8 Å². The third-order valence-electron chi connectivity index (χ3n) is 7.22. The van der Waals surface area contributed by atoms with Crippen LogP contribution in [-0.4, -0.2) is 40.2 Å². The maximum atomic E-state index is 13.5. The van der Waals surface area contributed by atoms with E-state index in [2.05, 4.69) is 11.8 Å². The summed E-state index contributed by atoms with van der Waals surface area (Å²) in [5.41, 5.74) is 1.66. The average Bonchev–Trinajstić information content (AvgIpc) is 3.35. The molecule has 0 spiro atoms. The van der Waals surface area contributed by atoms with E-state index in [1.54, 1.807) is 13.0 Å². The van der Waals surface area contributed by atoms with Crippen molar-refractivity contribution in [3.8, 4) is 5.75 Å². The molecule has 1 heterocycles. The molecule has 41 heavy (non-hydrogen) atoms. The van der Waals surface area contributed by atoms with Crippen LogP contribution in [0, 0.1) is 5.92 Å². The lowest BCUT2D eigenvalue weighted by Crippen LogP contribution is -2.30. The lowest BCUT2D eigenvalue weighted by atomic mass is 10.00. The number of aliphatic carboxylic acids is 1. The lowest BCUT2D eigenvalue weighted by Gasteiger charge is -2.27. The van der Waals surface area contributed by atoms with Gasteiger partial charge in [0.2, 0.25) is 0 Å². The molecule has 0 saturated carbocycles. The summed E-state index contributed by atoms with van der Waals surface area (Å²) < 4.78 is 48.5. The summed E-state index contributed by atoms with van der Waals surface area (Å²) in [6, 6.07) is 21.7. The van der Waals surface area contributed by atoms with Crippen LogP contribution >= 0.6 is 11.6 Å². The first kappa shape index (κ1) is 30.5. The van der Waals surface area contributed by atoms with Crippen molar-refractivity contribution in [3.05, 3.63) is 101 Å².